The molecule has 0 aromatic rings. The first kappa shape index (κ1) is 10.1. The third-order valence-corrected chi connectivity index (χ3v) is 2.19. The fourth-order valence-electron chi connectivity index (χ4n) is 1.47. The van der Waals surface area contributed by atoms with Crippen molar-refractivity contribution in [2.75, 3.05) is 0 Å². The van der Waals surface area contributed by atoms with Crippen LogP contribution >= 0.6 is 12.2 Å². The van der Waals surface area contributed by atoms with Gasteiger partial charge in [0.15, 0.2) is 0 Å². The molecule has 0 saturated carbocycles. The van der Waals surface area contributed by atoms with E-state index in [0.29, 0.717) is 24.3 Å². The van der Waals surface area contributed by atoms with E-state index < -0.39 is 0 Å². The second-order valence-corrected chi connectivity index (χ2v) is 3.70. The molecule has 1 rings (SSSR count). The number of nitrogens with two attached hydrogens (primary N) is 1. The van der Waals surface area contributed by atoms with Crippen LogP contribution < -0.4 is 5.73 Å². The van der Waals surface area contributed by atoms with Gasteiger partial charge in [0.1, 0.15) is 0 Å². The molecule has 2 amide bonds. The summed E-state index contributed by atoms with van der Waals surface area (Å²) < 4.78 is 0. The predicted octanol–water partition coefficient (Wildman–Crippen LogP) is 0.200. The monoisotopic (exact) mass is 200 g/mol. The molecule has 72 valence electrons. The lowest BCUT2D eigenvalue weighted by Gasteiger charge is -2.21. The van der Waals surface area contributed by atoms with E-state index in [9.17, 15) is 9.59 Å². The van der Waals surface area contributed by atoms with Gasteiger partial charge < -0.3 is 5.73 Å². The van der Waals surface area contributed by atoms with Gasteiger partial charge in [-0.2, -0.15) is 0 Å². The number of imide groups is 1. The molecule has 4 nitrogen and oxygen atoms in total. The van der Waals surface area contributed by atoms with Crippen LogP contribution in [-0.2, 0) is 9.59 Å². The Balaban J connectivity index is 2.64. The minimum absolute atomic E-state index is 0.117. The molecular formula is C8H12N2O2S. The predicted molar refractivity (Wildman–Crippen MR) is 52.0 cm³/mol. The van der Waals surface area contributed by atoms with Crippen LogP contribution in [0.4, 0.5) is 0 Å². The lowest BCUT2D eigenvalue weighted by molar-refractivity contribution is -0.140. The molecule has 1 aliphatic heterocycles. The molecule has 0 radical (unpaired) electrons. The average molecular weight is 200 g/mol. The number of rotatable bonds is 3. The highest BCUT2D eigenvalue weighted by molar-refractivity contribution is 7.80. The van der Waals surface area contributed by atoms with Gasteiger partial charge >= 0.3 is 0 Å². The van der Waals surface area contributed by atoms with Crippen molar-refractivity contribution in [2.24, 2.45) is 5.73 Å². The molecule has 0 spiro atoms. The summed E-state index contributed by atoms with van der Waals surface area (Å²) in [4.78, 5) is 24.1. The van der Waals surface area contributed by atoms with Crippen molar-refractivity contribution in [1.29, 1.82) is 0 Å². The summed E-state index contributed by atoms with van der Waals surface area (Å²) in [6.45, 7) is 1.78. The standard InChI is InChI=1S/C8H12N2O2S/c1-5(4-6(9)13)10-7(11)2-3-8(10)12/h5H,2-4H2,1H3,(H2,9,13). The number of hydrogen-bond donors (Lipinski definition) is 1. The number of carbonyl (C=O) groups excluding carboxylic acids is 2. The maximum atomic E-state index is 11.2. The first-order chi connectivity index (χ1) is 6.02. The highest BCUT2D eigenvalue weighted by atomic mass is 32.1. The molecule has 1 atom stereocenters. The molecule has 1 unspecified atom stereocenters. The molecule has 0 aromatic heterocycles. The Morgan fingerprint density at radius 3 is 2.38 bits per heavy atom. The Hall–Kier alpha value is -0.970. The molecule has 2 N–H and O–H groups in total. The second kappa shape index (κ2) is 3.83. The van der Waals surface area contributed by atoms with Crippen molar-refractivity contribution in [3.05, 3.63) is 0 Å². The largest absolute Gasteiger partial charge is 0.393 e. The molecule has 1 heterocycles. The first-order valence-corrected chi connectivity index (χ1v) is 4.56. The van der Waals surface area contributed by atoms with Crippen LogP contribution in [0, 0.1) is 0 Å². The molecule has 0 bridgehead atoms. The van der Waals surface area contributed by atoms with Crippen molar-refractivity contribution in [3.63, 3.8) is 0 Å². The van der Waals surface area contributed by atoms with E-state index in [-0.39, 0.29) is 17.9 Å². The van der Waals surface area contributed by atoms with Gasteiger partial charge in [0.2, 0.25) is 11.8 Å². The van der Waals surface area contributed by atoms with Crippen LogP contribution in [0.2, 0.25) is 0 Å². The maximum Gasteiger partial charge on any atom is 0.229 e. The molecule has 1 fully saturated rings. The summed E-state index contributed by atoms with van der Waals surface area (Å²) in [7, 11) is 0. The van der Waals surface area contributed by atoms with Crippen molar-refractivity contribution in [1.82, 2.24) is 4.90 Å². The van der Waals surface area contributed by atoms with Crippen LogP contribution in [0.5, 0.6) is 0 Å². The van der Waals surface area contributed by atoms with E-state index >= 15 is 0 Å². The molecule has 5 heteroatoms. The van der Waals surface area contributed by atoms with E-state index in [4.69, 9.17) is 18.0 Å². The summed E-state index contributed by atoms with van der Waals surface area (Å²) in [5.41, 5.74) is 5.33. The van der Waals surface area contributed by atoms with E-state index in [0.717, 1.165) is 0 Å². The number of amides is 2. The fourth-order valence-corrected chi connectivity index (χ4v) is 1.71. The van der Waals surface area contributed by atoms with Crippen LogP contribution in [0.1, 0.15) is 26.2 Å². The lowest BCUT2D eigenvalue weighted by Crippen LogP contribution is -2.39. The summed E-state index contributed by atoms with van der Waals surface area (Å²) in [5, 5.41) is 0. The summed E-state index contributed by atoms with van der Waals surface area (Å²) in [6.07, 6.45) is 1.05. The van der Waals surface area contributed by atoms with E-state index in [1.807, 2.05) is 0 Å². The van der Waals surface area contributed by atoms with Crippen molar-refractivity contribution in [3.8, 4) is 0 Å². The SMILES string of the molecule is CC(CC(N)=S)N1C(=O)CCC1=O. The van der Waals surface area contributed by atoms with Gasteiger partial charge in [-0.25, -0.2) is 0 Å². The average Bonchev–Trinajstić information content (AvgIpc) is 2.29. The number of thiocarbonyl (C=S) groups is 1. The summed E-state index contributed by atoms with van der Waals surface area (Å²) in [6, 6.07) is -0.194. The number of hydrogen-bond acceptors (Lipinski definition) is 3. The second-order valence-electron chi connectivity index (χ2n) is 3.18. The summed E-state index contributed by atoms with van der Waals surface area (Å²) >= 11 is 4.71. The Morgan fingerprint density at radius 2 is 2.00 bits per heavy atom. The van der Waals surface area contributed by atoms with Crippen molar-refractivity contribution < 1.29 is 9.59 Å². The van der Waals surface area contributed by atoms with Gasteiger partial charge in [-0.3, -0.25) is 14.5 Å². The minimum Gasteiger partial charge on any atom is -0.393 e. The van der Waals surface area contributed by atoms with Crippen LogP contribution in [0.25, 0.3) is 0 Å². The molecule has 0 aromatic carbocycles. The normalized spacial score (nSPS) is 19.3. The Labute approximate surface area is 82.1 Å². The molecular weight excluding hydrogens is 188 g/mol. The zero-order valence-electron chi connectivity index (χ0n) is 7.45. The maximum absolute atomic E-state index is 11.2. The minimum atomic E-state index is -0.194. The molecule has 13 heavy (non-hydrogen) atoms. The smallest absolute Gasteiger partial charge is 0.229 e. The summed E-state index contributed by atoms with van der Waals surface area (Å²) in [5.74, 6) is -0.234. The lowest BCUT2D eigenvalue weighted by atomic mass is 10.2. The fraction of sp³-hybridized carbons (Fsp3) is 0.625. The highest BCUT2D eigenvalue weighted by Gasteiger charge is 2.32. The third kappa shape index (κ3) is 2.24. The van der Waals surface area contributed by atoms with E-state index in [1.54, 1.807) is 6.92 Å². The van der Waals surface area contributed by atoms with Crippen molar-refractivity contribution >= 4 is 29.0 Å². The zero-order valence-corrected chi connectivity index (χ0v) is 8.26. The van der Waals surface area contributed by atoms with E-state index in [1.165, 1.54) is 4.90 Å². The van der Waals surface area contributed by atoms with Crippen LogP contribution in [0.3, 0.4) is 0 Å². The van der Waals surface area contributed by atoms with Gasteiger partial charge in [-0.1, -0.05) is 12.2 Å². The quantitative estimate of drug-likeness (QED) is 0.522. The molecule has 1 aliphatic rings. The molecule has 1 saturated heterocycles. The van der Waals surface area contributed by atoms with Gasteiger partial charge in [0.25, 0.3) is 0 Å². The van der Waals surface area contributed by atoms with Crippen LogP contribution in [-0.4, -0.2) is 27.7 Å². The third-order valence-electron chi connectivity index (χ3n) is 2.03. The highest BCUT2D eigenvalue weighted by Crippen LogP contribution is 2.16. The number of likely N-dealkylation sites (tertiary alicyclic amines) is 1. The van der Waals surface area contributed by atoms with E-state index in [2.05, 4.69) is 0 Å². The number of carbonyl (C=O) groups is 2. The number of nitrogens with zero attached hydrogens (tertiary/aromatic N) is 1. The van der Waals surface area contributed by atoms with Gasteiger partial charge in [-0.05, 0) is 6.92 Å². The van der Waals surface area contributed by atoms with Crippen LogP contribution in [0.15, 0.2) is 0 Å². The van der Waals surface area contributed by atoms with Gasteiger partial charge in [-0.15, -0.1) is 0 Å². The Bertz CT molecular complexity index is 249. The van der Waals surface area contributed by atoms with Gasteiger partial charge in [0, 0.05) is 25.3 Å². The Morgan fingerprint density at radius 1 is 1.54 bits per heavy atom. The Kier molecular flexibility index (Phi) is 2.98. The zero-order chi connectivity index (χ0) is 10.0. The first-order valence-electron chi connectivity index (χ1n) is 4.15. The van der Waals surface area contributed by atoms with Gasteiger partial charge in [0.05, 0.1) is 4.99 Å². The topological polar surface area (TPSA) is 63.4 Å². The molecule has 0 aliphatic carbocycles. The van der Waals surface area contributed by atoms with Crippen molar-refractivity contribution in [2.45, 2.75) is 32.2 Å².